The zero-order valence-corrected chi connectivity index (χ0v) is 15.5. The molecule has 0 saturated carbocycles. The van der Waals surface area contributed by atoms with Crippen LogP contribution in [-0.2, 0) is 16.0 Å². The maximum atomic E-state index is 13.9. The molecular formula is C22H18FN3O3. The van der Waals surface area contributed by atoms with Gasteiger partial charge in [0.1, 0.15) is 17.2 Å². The fourth-order valence-electron chi connectivity index (χ4n) is 3.24. The Balaban J connectivity index is 1.44. The summed E-state index contributed by atoms with van der Waals surface area (Å²) in [5.74, 6) is -1.32. The zero-order chi connectivity index (χ0) is 20.2. The van der Waals surface area contributed by atoms with Crippen molar-refractivity contribution < 1.29 is 18.7 Å². The van der Waals surface area contributed by atoms with Gasteiger partial charge in [-0.05, 0) is 42.3 Å². The molecular weight excluding hydrogens is 373 g/mol. The number of nitrogens with zero attached hydrogens (tertiary/aromatic N) is 2. The molecule has 0 fully saturated rings. The van der Waals surface area contributed by atoms with E-state index in [2.05, 4.69) is 10.3 Å². The number of esters is 1. The van der Waals surface area contributed by atoms with E-state index in [-0.39, 0.29) is 29.6 Å². The summed E-state index contributed by atoms with van der Waals surface area (Å²) in [7, 11) is 0. The van der Waals surface area contributed by atoms with Gasteiger partial charge in [-0.2, -0.15) is 0 Å². The normalized spacial score (nSPS) is 12.4. The Morgan fingerprint density at radius 2 is 1.86 bits per heavy atom. The molecule has 4 rings (SSSR count). The average Bonchev–Trinajstić information content (AvgIpc) is 3.18. The highest BCUT2D eigenvalue weighted by atomic mass is 19.1. The second-order valence-electron chi connectivity index (χ2n) is 6.50. The van der Waals surface area contributed by atoms with Gasteiger partial charge in [0.25, 0.3) is 5.91 Å². The number of fused-ring (bicyclic) bond motifs is 1. The van der Waals surface area contributed by atoms with E-state index >= 15 is 0 Å². The number of nitrogens with one attached hydrogen (secondary N) is 1. The van der Waals surface area contributed by atoms with Gasteiger partial charge in [-0.25, -0.2) is 14.2 Å². The Labute approximate surface area is 166 Å². The third kappa shape index (κ3) is 3.94. The summed E-state index contributed by atoms with van der Waals surface area (Å²) in [6, 6.07) is 16.8. The standard InChI is InChI=1S/C22H18FN3O3/c23-17-8-2-3-9-18(17)25-21-16(7-5-12-24-21)22(28)29-14-20(27)26-13-11-15-6-1-4-10-19(15)26/h1-10,12H,11,13-14H2,(H,24,25). The Kier molecular flexibility index (Phi) is 5.20. The number of para-hydroxylation sites is 2. The van der Waals surface area contributed by atoms with Crippen molar-refractivity contribution >= 4 is 29.1 Å². The van der Waals surface area contributed by atoms with Gasteiger partial charge in [0, 0.05) is 18.4 Å². The molecule has 0 spiro atoms. The molecule has 0 atom stereocenters. The van der Waals surface area contributed by atoms with Crippen LogP contribution < -0.4 is 10.2 Å². The maximum Gasteiger partial charge on any atom is 0.342 e. The fraction of sp³-hybridized carbons (Fsp3) is 0.136. The molecule has 1 aliphatic rings. The molecule has 1 aliphatic heterocycles. The summed E-state index contributed by atoms with van der Waals surface area (Å²) in [6.45, 7) is 0.171. The smallest absolute Gasteiger partial charge is 0.342 e. The molecule has 29 heavy (non-hydrogen) atoms. The molecule has 6 nitrogen and oxygen atoms in total. The van der Waals surface area contributed by atoms with E-state index in [1.54, 1.807) is 23.1 Å². The summed E-state index contributed by atoms with van der Waals surface area (Å²) < 4.78 is 19.1. The minimum Gasteiger partial charge on any atom is -0.452 e. The summed E-state index contributed by atoms with van der Waals surface area (Å²) in [6.07, 6.45) is 2.25. The van der Waals surface area contributed by atoms with Crippen LogP contribution in [0.25, 0.3) is 0 Å². The molecule has 146 valence electrons. The van der Waals surface area contributed by atoms with E-state index in [0.717, 1.165) is 17.7 Å². The zero-order valence-electron chi connectivity index (χ0n) is 15.5. The minimum atomic E-state index is -0.710. The topological polar surface area (TPSA) is 71.5 Å². The van der Waals surface area contributed by atoms with Gasteiger partial charge in [0.15, 0.2) is 6.61 Å². The van der Waals surface area contributed by atoms with Crippen molar-refractivity contribution in [3.8, 4) is 0 Å². The first-order valence-electron chi connectivity index (χ1n) is 9.15. The predicted molar refractivity (Wildman–Crippen MR) is 107 cm³/mol. The summed E-state index contributed by atoms with van der Waals surface area (Å²) in [4.78, 5) is 30.8. The second kappa shape index (κ2) is 8.10. The number of rotatable bonds is 5. The Hall–Kier alpha value is -3.74. The lowest BCUT2D eigenvalue weighted by Gasteiger charge is -2.17. The third-order valence-electron chi connectivity index (χ3n) is 4.67. The highest BCUT2D eigenvalue weighted by Crippen LogP contribution is 2.27. The summed E-state index contributed by atoms with van der Waals surface area (Å²) in [5, 5.41) is 2.80. The monoisotopic (exact) mass is 391 g/mol. The highest BCUT2D eigenvalue weighted by molar-refractivity contribution is 6.00. The van der Waals surface area contributed by atoms with Crippen molar-refractivity contribution in [2.45, 2.75) is 6.42 Å². The summed E-state index contributed by atoms with van der Waals surface area (Å²) >= 11 is 0. The van der Waals surface area contributed by atoms with E-state index in [0.29, 0.717) is 6.54 Å². The first-order valence-corrected chi connectivity index (χ1v) is 9.15. The van der Waals surface area contributed by atoms with Gasteiger partial charge < -0.3 is 15.0 Å². The number of amides is 1. The third-order valence-corrected chi connectivity index (χ3v) is 4.67. The van der Waals surface area contributed by atoms with Crippen LogP contribution in [0.1, 0.15) is 15.9 Å². The number of hydrogen-bond acceptors (Lipinski definition) is 5. The first-order chi connectivity index (χ1) is 14.1. The van der Waals surface area contributed by atoms with Gasteiger partial charge in [0.2, 0.25) is 0 Å². The van der Waals surface area contributed by atoms with E-state index in [4.69, 9.17) is 4.74 Å². The second-order valence-corrected chi connectivity index (χ2v) is 6.50. The lowest BCUT2D eigenvalue weighted by molar-refractivity contribution is -0.121. The van der Waals surface area contributed by atoms with Crippen LogP contribution >= 0.6 is 0 Å². The molecule has 0 aliphatic carbocycles. The first kappa shape index (κ1) is 18.6. The maximum absolute atomic E-state index is 13.9. The van der Waals surface area contributed by atoms with Crippen molar-refractivity contribution in [2.24, 2.45) is 0 Å². The largest absolute Gasteiger partial charge is 0.452 e. The van der Waals surface area contributed by atoms with Crippen LogP contribution in [0.15, 0.2) is 66.9 Å². The van der Waals surface area contributed by atoms with Gasteiger partial charge in [0.05, 0.1) is 5.69 Å². The number of pyridine rings is 1. The quantitative estimate of drug-likeness (QED) is 0.672. The molecule has 0 bridgehead atoms. The van der Waals surface area contributed by atoms with E-state index in [1.165, 1.54) is 24.4 Å². The molecule has 1 aromatic heterocycles. The molecule has 7 heteroatoms. The molecule has 0 radical (unpaired) electrons. The summed E-state index contributed by atoms with van der Waals surface area (Å²) in [5.41, 5.74) is 2.24. The predicted octanol–water partition coefficient (Wildman–Crippen LogP) is 3.71. The lowest BCUT2D eigenvalue weighted by Crippen LogP contribution is -2.33. The fourth-order valence-corrected chi connectivity index (χ4v) is 3.24. The SMILES string of the molecule is O=C(OCC(=O)N1CCc2ccccc21)c1cccnc1Nc1ccccc1F. The van der Waals surface area contributed by atoms with Gasteiger partial charge in [-0.3, -0.25) is 4.79 Å². The average molecular weight is 391 g/mol. The molecule has 0 unspecified atom stereocenters. The van der Waals surface area contributed by atoms with Crippen molar-refractivity contribution in [1.82, 2.24) is 4.98 Å². The lowest BCUT2D eigenvalue weighted by atomic mass is 10.2. The molecule has 3 aromatic rings. The van der Waals surface area contributed by atoms with Crippen LogP contribution in [0.5, 0.6) is 0 Å². The van der Waals surface area contributed by atoms with Crippen molar-refractivity contribution in [3.05, 3.63) is 83.8 Å². The number of carbonyl (C=O) groups excluding carboxylic acids is 2. The number of halogens is 1. The number of benzene rings is 2. The molecule has 1 N–H and O–H groups in total. The van der Waals surface area contributed by atoms with Crippen LogP contribution in [0, 0.1) is 5.82 Å². The van der Waals surface area contributed by atoms with Crippen LogP contribution in [0.4, 0.5) is 21.6 Å². The van der Waals surface area contributed by atoms with Crippen LogP contribution in [-0.4, -0.2) is 30.0 Å². The number of carbonyl (C=O) groups is 2. The Morgan fingerprint density at radius 1 is 1.07 bits per heavy atom. The minimum absolute atomic E-state index is 0.116. The number of aromatic nitrogens is 1. The number of ether oxygens (including phenoxy) is 1. The molecule has 0 saturated heterocycles. The van der Waals surface area contributed by atoms with Crippen molar-refractivity contribution in [1.29, 1.82) is 0 Å². The van der Waals surface area contributed by atoms with E-state index < -0.39 is 11.8 Å². The molecule has 2 aromatic carbocycles. The van der Waals surface area contributed by atoms with Crippen LogP contribution in [0.2, 0.25) is 0 Å². The Morgan fingerprint density at radius 3 is 2.72 bits per heavy atom. The van der Waals surface area contributed by atoms with Gasteiger partial charge in [-0.15, -0.1) is 0 Å². The number of anilines is 3. The van der Waals surface area contributed by atoms with Crippen LogP contribution in [0.3, 0.4) is 0 Å². The number of hydrogen-bond donors (Lipinski definition) is 1. The van der Waals surface area contributed by atoms with Gasteiger partial charge in [-0.1, -0.05) is 30.3 Å². The highest BCUT2D eigenvalue weighted by Gasteiger charge is 2.25. The van der Waals surface area contributed by atoms with E-state index in [1.807, 2.05) is 24.3 Å². The van der Waals surface area contributed by atoms with Gasteiger partial charge >= 0.3 is 5.97 Å². The van der Waals surface area contributed by atoms with E-state index in [9.17, 15) is 14.0 Å². The molecule has 2 heterocycles. The van der Waals surface area contributed by atoms with Crippen molar-refractivity contribution in [2.75, 3.05) is 23.4 Å². The Bertz CT molecular complexity index is 1070. The van der Waals surface area contributed by atoms with Crippen molar-refractivity contribution in [3.63, 3.8) is 0 Å². The molecule has 1 amide bonds.